The number of piperazine rings is 1. The molecule has 0 atom stereocenters. The van der Waals surface area contributed by atoms with E-state index in [0.717, 1.165) is 25.9 Å². The Morgan fingerprint density at radius 3 is 2.00 bits per heavy atom. The van der Waals surface area contributed by atoms with Gasteiger partial charge in [0.1, 0.15) is 11.5 Å². The summed E-state index contributed by atoms with van der Waals surface area (Å²) in [6, 6.07) is 5.22. The molecule has 7 nitrogen and oxygen atoms in total. The SMILES string of the molecule is COc1cc(OC)cc(C(=O)N2CCN(CC(=O)N3CCC(C)CC3)CC2)c1. The molecule has 0 bridgehead atoms. The van der Waals surface area contributed by atoms with E-state index in [1.807, 2.05) is 9.80 Å². The molecule has 0 saturated carbocycles. The number of amides is 2. The van der Waals surface area contributed by atoms with E-state index >= 15 is 0 Å². The van der Waals surface area contributed by atoms with Crippen LogP contribution in [0.4, 0.5) is 0 Å². The van der Waals surface area contributed by atoms with E-state index in [1.54, 1.807) is 32.4 Å². The highest BCUT2D eigenvalue weighted by Gasteiger charge is 2.26. The van der Waals surface area contributed by atoms with Crippen molar-refractivity contribution in [1.82, 2.24) is 14.7 Å². The monoisotopic (exact) mass is 389 g/mol. The van der Waals surface area contributed by atoms with E-state index in [0.29, 0.717) is 55.7 Å². The lowest BCUT2D eigenvalue weighted by Crippen LogP contribution is -2.52. The average molecular weight is 389 g/mol. The fourth-order valence-corrected chi connectivity index (χ4v) is 3.77. The summed E-state index contributed by atoms with van der Waals surface area (Å²) in [5, 5.41) is 0. The number of nitrogens with zero attached hydrogens (tertiary/aromatic N) is 3. The number of rotatable bonds is 5. The summed E-state index contributed by atoms with van der Waals surface area (Å²) in [7, 11) is 3.14. The van der Waals surface area contributed by atoms with Crippen LogP contribution >= 0.6 is 0 Å². The number of carbonyl (C=O) groups is 2. The van der Waals surface area contributed by atoms with Gasteiger partial charge in [-0.2, -0.15) is 0 Å². The van der Waals surface area contributed by atoms with Gasteiger partial charge in [0.2, 0.25) is 5.91 Å². The van der Waals surface area contributed by atoms with Gasteiger partial charge in [-0.15, -0.1) is 0 Å². The van der Waals surface area contributed by atoms with Crippen LogP contribution < -0.4 is 9.47 Å². The quantitative estimate of drug-likeness (QED) is 0.767. The lowest BCUT2D eigenvalue weighted by molar-refractivity contribution is -0.134. The van der Waals surface area contributed by atoms with E-state index in [1.165, 1.54) is 0 Å². The molecule has 0 spiro atoms. The maximum atomic E-state index is 12.9. The van der Waals surface area contributed by atoms with Gasteiger partial charge in [0.05, 0.1) is 20.8 Å². The average Bonchev–Trinajstić information content (AvgIpc) is 2.73. The second kappa shape index (κ2) is 9.28. The first-order valence-electron chi connectivity index (χ1n) is 10.0. The van der Waals surface area contributed by atoms with Crippen molar-refractivity contribution < 1.29 is 19.1 Å². The van der Waals surface area contributed by atoms with Gasteiger partial charge >= 0.3 is 0 Å². The maximum absolute atomic E-state index is 12.9. The Bertz CT molecular complexity index is 671. The number of hydrogen-bond acceptors (Lipinski definition) is 5. The first-order chi connectivity index (χ1) is 13.5. The number of carbonyl (C=O) groups excluding carboxylic acids is 2. The first-order valence-corrected chi connectivity index (χ1v) is 10.0. The van der Waals surface area contributed by atoms with Gasteiger partial charge in [0.15, 0.2) is 0 Å². The standard InChI is InChI=1S/C21H31N3O4/c1-16-4-6-23(7-5-16)20(25)15-22-8-10-24(11-9-22)21(26)17-12-18(27-2)14-19(13-17)28-3/h12-14,16H,4-11,15H2,1-3H3. The molecule has 0 aliphatic carbocycles. The molecular formula is C21H31N3O4. The van der Waals surface area contributed by atoms with Crippen molar-refractivity contribution in [2.24, 2.45) is 5.92 Å². The molecule has 7 heteroatoms. The van der Waals surface area contributed by atoms with Gasteiger partial charge in [0.25, 0.3) is 5.91 Å². The first kappa shape index (κ1) is 20.5. The molecule has 0 N–H and O–H groups in total. The van der Waals surface area contributed by atoms with Gasteiger partial charge in [-0.3, -0.25) is 14.5 Å². The molecule has 2 heterocycles. The predicted octanol–water partition coefficient (Wildman–Crippen LogP) is 1.72. The molecule has 0 aromatic heterocycles. The molecule has 1 aromatic carbocycles. The lowest BCUT2D eigenvalue weighted by atomic mass is 9.99. The third-order valence-corrected chi connectivity index (χ3v) is 5.75. The minimum atomic E-state index is -0.0341. The highest BCUT2D eigenvalue weighted by Crippen LogP contribution is 2.24. The van der Waals surface area contributed by atoms with Crippen molar-refractivity contribution in [1.29, 1.82) is 0 Å². The Morgan fingerprint density at radius 2 is 1.46 bits per heavy atom. The van der Waals surface area contributed by atoms with Gasteiger partial charge < -0.3 is 19.3 Å². The molecular weight excluding hydrogens is 358 g/mol. The molecule has 0 unspecified atom stereocenters. The Kier molecular flexibility index (Phi) is 6.78. The van der Waals surface area contributed by atoms with E-state index in [4.69, 9.17) is 9.47 Å². The van der Waals surface area contributed by atoms with Crippen LogP contribution in [0.5, 0.6) is 11.5 Å². The molecule has 2 amide bonds. The van der Waals surface area contributed by atoms with Crippen molar-refractivity contribution in [3.05, 3.63) is 23.8 Å². The van der Waals surface area contributed by atoms with E-state index in [-0.39, 0.29) is 11.8 Å². The zero-order valence-corrected chi connectivity index (χ0v) is 17.1. The Hall–Kier alpha value is -2.28. The Morgan fingerprint density at radius 1 is 0.893 bits per heavy atom. The summed E-state index contributed by atoms with van der Waals surface area (Å²) in [4.78, 5) is 31.4. The van der Waals surface area contributed by atoms with E-state index in [2.05, 4.69) is 11.8 Å². The van der Waals surface area contributed by atoms with Gasteiger partial charge in [-0.05, 0) is 30.9 Å². The van der Waals surface area contributed by atoms with Gasteiger partial charge in [0, 0.05) is 50.9 Å². The van der Waals surface area contributed by atoms with E-state index < -0.39 is 0 Å². The highest BCUT2D eigenvalue weighted by atomic mass is 16.5. The smallest absolute Gasteiger partial charge is 0.254 e. The number of ether oxygens (including phenoxy) is 2. The zero-order valence-electron chi connectivity index (χ0n) is 17.1. The van der Waals surface area contributed by atoms with Crippen molar-refractivity contribution in [2.45, 2.75) is 19.8 Å². The normalized spacial score (nSPS) is 18.8. The zero-order chi connectivity index (χ0) is 20.1. The minimum absolute atomic E-state index is 0.0341. The molecule has 2 aliphatic rings. The van der Waals surface area contributed by atoms with Crippen molar-refractivity contribution in [2.75, 3.05) is 60.0 Å². The molecule has 2 aliphatic heterocycles. The molecule has 154 valence electrons. The predicted molar refractivity (Wildman–Crippen MR) is 107 cm³/mol. The summed E-state index contributed by atoms with van der Waals surface area (Å²) in [5.41, 5.74) is 0.558. The highest BCUT2D eigenvalue weighted by molar-refractivity contribution is 5.95. The van der Waals surface area contributed by atoms with Gasteiger partial charge in [-0.1, -0.05) is 6.92 Å². The van der Waals surface area contributed by atoms with E-state index in [9.17, 15) is 9.59 Å². The molecule has 1 aromatic rings. The lowest BCUT2D eigenvalue weighted by Gasteiger charge is -2.36. The molecule has 2 fully saturated rings. The maximum Gasteiger partial charge on any atom is 0.254 e. The second-order valence-electron chi connectivity index (χ2n) is 7.73. The summed E-state index contributed by atoms with van der Waals surface area (Å²) in [5.74, 6) is 2.09. The third kappa shape index (κ3) is 4.95. The minimum Gasteiger partial charge on any atom is -0.497 e. The Balaban J connectivity index is 1.52. The van der Waals surface area contributed by atoms with Crippen LogP contribution in [-0.4, -0.2) is 86.5 Å². The third-order valence-electron chi connectivity index (χ3n) is 5.75. The topological polar surface area (TPSA) is 62.3 Å². The molecule has 3 rings (SSSR count). The number of benzene rings is 1. The molecule has 0 radical (unpaired) electrons. The van der Waals surface area contributed by atoms with Crippen molar-refractivity contribution >= 4 is 11.8 Å². The summed E-state index contributed by atoms with van der Waals surface area (Å²) < 4.78 is 10.5. The number of methoxy groups -OCH3 is 2. The summed E-state index contributed by atoms with van der Waals surface area (Å²) >= 11 is 0. The number of piperidine rings is 1. The van der Waals surface area contributed by atoms with Crippen LogP contribution in [-0.2, 0) is 4.79 Å². The van der Waals surface area contributed by atoms with Crippen LogP contribution in [0.3, 0.4) is 0 Å². The largest absolute Gasteiger partial charge is 0.497 e. The number of hydrogen-bond donors (Lipinski definition) is 0. The summed E-state index contributed by atoms with van der Waals surface area (Å²) in [6.45, 7) is 7.09. The second-order valence-corrected chi connectivity index (χ2v) is 7.73. The van der Waals surface area contributed by atoms with Gasteiger partial charge in [-0.25, -0.2) is 0 Å². The van der Waals surface area contributed by atoms with Crippen LogP contribution in [0.2, 0.25) is 0 Å². The molecule has 28 heavy (non-hydrogen) atoms. The van der Waals surface area contributed by atoms with Crippen LogP contribution in [0, 0.1) is 5.92 Å². The molecule has 2 saturated heterocycles. The fraction of sp³-hybridized carbons (Fsp3) is 0.619. The Labute approximate surface area is 167 Å². The fourth-order valence-electron chi connectivity index (χ4n) is 3.77. The van der Waals surface area contributed by atoms with Crippen molar-refractivity contribution in [3.8, 4) is 11.5 Å². The van der Waals surface area contributed by atoms with Crippen LogP contribution in [0.1, 0.15) is 30.1 Å². The van der Waals surface area contributed by atoms with Crippen LogP contribution in [0.25, 0.3) is 0 Å². The number of likely N-dealkylation sites (tertiary alicyclic amines) is 1. The summed E-state index contributed by atoms with van der Waals surface area (Å²) in [6.07, 6.45) is 2.19. The van der Waals surface area contributed by atoms with Crippen LogP contribution in [0.15, 0.2) is 18.2 Å². The van der Waals surface area contributed by atoms with Crippen molar-refractivity contribution in [3.63, 3.8) is 0 Å².